The number of nitrogens with one attached hydrogen (secondary N) is 2. The van der Waals surface area contributed by atoms with Gasteiger partial charge in [0.2, 0.25) is 0 Å². The SMILES string of the molecule is O=C(NC1C2CCc3ccccc3C21)c1ccc(S(=O)(=O)Nc2ccncc2)cc1. The van der Waals surface area contributed by atoms with Crippen LogP contribution >= 0.6 is 0 Å². The summed E-state index contributed by atoms with van der Waals surface area (Å²) in [6, 6.07) is 17.8. The van der Waals surface area contributed by atoms with Crippen molar-refractivity contribution in [2.75, 3.05) is 4.72 Å². The van der Waals surface area contributed by atoms with Crippen molar-refractivity contribution in [3.8, 4) is 0 Å². The van der Waals surface area contributed by atoms with Gasteiger partial charge in [-0.3, -0.25) is 14.5 Å². The number of hydrogen-bond acceptors (Lipinski definition) is 4. The summed E-state index contributed by atoms with van der Waals surface area (Å²) in [7, 11) is -3.73. The van der Waals surface area contributed by atoms with Crippen LogP contribution in [0.25, 0.3) is 0 Å². The van der Waals surface area contributed by atoms with E-state index in [9.17, 15) is 13.2 Å². The standard InChI is InChI=1S/C23H21N3O3S/c27-23(25-22-20-10-7-15-3-1-2-4-19(15)21(20)22)16-5-8-18(9-6-16)30(28,29)26-17-11-13-24-14-12-17/h1-6,8-9,11-14,20-22H,7,10H2,(H,24,26)(H,25,27). The molecule has 0 saturated heterocycles. The molecule has 0 radical (unpaired) electrons. The van der Waals surface area contributed by atoms with Gasteiger partial charge in [-0.25, -0.2) is 8.42 Å². The molecule has 2 aliphatic carbocycles. The van der Waals surface area contributed by atoms with Crippen LogP contribution in [0.2, 0.25) is 0 Å². The zero-order valence-electron chi connectivity index (χ0n) is 16.2. The molecule has 3 atom stereocenters. The Morgan fingerprint density at radius 2 is 1.70 bits per heavy atom. The first kappa shape index (κ1) is 18.8. The molecule has 2 N–H and O–H groups in total. The number of anilines is 1. The Labute approximate surface area is 175 Å². The monoisotopic (exact) mass is 419 g/mol. The third kappa shape index (κ3) is 3.45. The smallest absolute Gasteiger partial charge is 0.261 e. The number of nitrogens with zero attached hydrogens (tertiary/aromatic N) is 1. The summed E-state index contributed by atoms with van der Waals surface area (Å²) in [5.41, 5.74) is 3.62. The maximum absolute atomic E-state index is 12.7. The fourth-order valence-corrected chi connectivity index (χ4v) is 5.48. The maximum Gasteiger partial charge on any atom is 0.261 e. The van der Waals surface area contributed by atoms with Crippen LogP contribution in [0, 0.1) is 5.92 Å². The average Bonchev–Trinajstić information content (AvgIpc) is 3.47. The highest BCUT2D eigenvalue weighted by atomic mass is 32.2. The minimum Gasteiger partial charge on any atom is -0.348 e. The van der Waals surface area contributed by atoms with Crippen molar-refractivity contribution in [3.63, 3.8) is 0 Å². The van der Waals surface area contributed by atoms with E-state index in [1.54, 1.807) is 24.3 Å². The number of hydrogen-bond donors (Lipinski definition) is 2. The highest BCUT2D eigenvalue weighted by Gasteiger charge is 2.53. The van der Waals surface area contributed by atoms with Crippen LogP contribution in [0.4, 0.5) is 5.69 Å². The highest BCUT2D eigenvalue weighted by molar-refractivity contribution is 7.92. The molecular weight excluding hydrogens is 398 g/mol. The molecule has 1 fully saturated rings. The number of sulfonamides is 1. The van der Waals surface area contributed by atoms with Gasteiger partial charge in [0.05, 0.1) is 10.6 Å². The van der Waals surface area contributed by atoms with Gasteiger partial charge in [-0.2, -0.15) is 0 Å². The van der Waals surface area contributed by atoms with E-state index < -0.39 is 10.0 Å². The molecule has 2 aliphatic rings. The van der Waals surface area contributed by atoms with E-state index >= 15 is 0 Å². The molecule has 2 aromatic carbocycles. The predicted octanol–water partition coefficient (Wildman–Crippen LogP) is 3.34. The van der Waals surface area contributed by atoms with E-state index in [4.69, 9.17) is 0 Å². The molecule has 152 valence electrons. The summed E-state index contributed by atoms with van der Waals surface area (Å²) >= 11 is 0. The summed E-state index contributed by atoms with van der Waals surface area (Å²) in [5, 5.41) is 3.14. The lowest BCUT2D eigenvalue weighted by Gasteiger charge is -2.13. The molecule has 0 aliphatic heterocycles. The van der Waals surface area contributed by atoms with Crippen LogP contribution in [-0.4, -0.2) is 25.4 Å². The van der Waals surface area contributed by atoms with Crippen LogP contribution in [0.1, 0.15) is 33.8 Å². The highest BCUT2D eigenvalue weighted by Crippen LogP contribution is 2.54. The summed E-state index contributed by atoms with van der Waals surface area (Å²) in [4.78, 5) is 16.7. The Kier molecular flexibility index (Phi) is 4.55. The summed E-state index contributed by atoms with van der Waals surface area (Å²) in [6.45, 7) is 0. The van der Waals surface area contributed by atoms with Gasteiger partial charge in [0.25, 0.3) is 15.9 Å². The molecule has 0 bridgehead atoms. The van der Waals surface area contributed by atoms with E-state index in [2.05, 4.69) is 39.3 Å². The molecular formula is C23H21N3O3S. The van der Waals surface area contributed by atoms with Gasteiger partial charge in [-0.1, -0.05) is 24.3 Å². The maximum atomic E-state index is 12.7. The first-order chi connectivity index (χ1) is 14.5. The molecule has 3 unspecified atom stereocenters. The third-order valence-electron chi connectivity index (χ3n) is 5.99. The van der Waals surface area contributed by atoms with E-state index in [0.29, 0.717) is 23.1 Å². The lowest BCUT2D eigenvalue weighted by Crippen LogP contribution is -2.27. The van der Waals surface area contributed by atoms with Crippen molar-refractivity contribution >= 4 is 21.6 Å². The quantitative estimate of drug-likeness (QED) is 0.664. The number of aryl methyl sites for hydroxylation is 1. The zero-order chi connectivity index (χ0) is 20.7. The van der Waals surface area contributed by atoms with Crippen molar-refractivity contribution in [1.29, 1.82) is 0 Å². The topological polar surface area (TPSA) is 88.2 Å². The lowest BCUT2D eigenvalue weighted by atomic mass is 9.92. The minimum absolute atomic E-state index is 0.102. The number of benzene rings is 2. The van der Waals surface area contributed by atoms with Gasteiger partial charge >= 0.3 is 0 Å². The van der Waals surface area contributed by atoms with E-state index in [0.717, 1.165) is 12.8 Å². The lowest BCUT2D eigenvalue weighted by molar-refractivity contribution is 0.0948. The largest absolute Gasteiger partial charge is 0.348 e. The number of rotatable bonds is 5. The van der Waals surface area contributed by atoms with Gasteiger partial charge in [-0.15, -0.1) is 0 Å². The second-order valence-electron chi connectivity index (χ2n) is 7.79. The van der Waals surface area contributed by atoms with E-state index in [1.807, 2.05) is 0 Å². The molecule has 5 rings (SSSR count). The first-order valence-corrected chi connectivity index (χ1v) is 11.4. The number of pyridine rings is 1. The molecule has 3 aromatic rings. The molecule has 1 aromatic heterocycles. The summed E-state index contributed by atoms with van der Waals surface area (Å²) in [6.07, 6.45) is 5.17. The molecule has 7 heteroatoms. The number of aromatic nitrogens is 1. The third-order valence-corrected chi connectivity index (χ3v) is 7.38. The number of amides is 1. The molecule has 1 saturated carbocycles. The van der Waals surface area contributed by atoms with Gasteiger partial charge in [0.1, 0.15) is 0 Å². The van der Waals surface area contributed by atoms with Gasteiger partial charge in [-0.05, 0) is 66.3 Å². The van der Waals surface area contributed by atoms with Crippen LogP contribution in [-0.2, 0) is 16.4 Å². The number of carbonyl (C=O) groups excluding carboxylic acids is 1. The van der Waals surface area contributed by atoms with Crippen molar-refractivity contribution in [1.82, 2.24) is 10.3 Å². The average molecular weight is 420 g/mol. The van der Waals surface area contributed by atoms with Crippen molar-refractivity contribution in [3.05, 3.63) is 89.7 Å². The predicted molar refractivity (Wildman–Crippen MR) is 114 cm³/mol. The fourth-order valence-electron chi connectivity index (χ4n) is 4.42. The van der Waals surface area contributed by atoms with E-state index in [-0.39, 0.29) is 16.8 Å². The molecule has 6 nitrogen and oxygen atoms in total. The summed E-state index contributed by atoms with van der Waals surface area (Å²) < 4.78 is 27.6. The van der Waals surface area contributed by atoms with Crippen LogP contribution in [0.3, 0.4) is 0 Å². The molecule has 30 heavy (non-hydrogen) atoms. The summed E-state index contributed by atoms with van der Waals surface area (Å²) in [5.74, 6) is 0.717. The Morgan fingerprint density at radius 3 is 2.47 bits per heavy atom. The second-order valence-corrected chi connectivity index (χ2v) is 9.47. The minimum atomic E-state index is -3.73. The number of carbonyl (C=O) groups is 1. The van der Waals surface area contributed by atoms with Crippen molar-refractivity contribution < 1.29 is 13.2 Å². The Bertz CT molecular complexity index is 1190. The van der Waals surface area contributed by atoms with Crippen LogP contribution < -0.4 is 10.0 Å². The first-order valence-electron chi connectivity index (χ1n) is 9.94. The second kappa shape index (κ2) is 7.25. The van der Waals surface area contributed by atoms with Crippen molar-refractivity contribution in [2.45, 2.75) is 29.7 Å². The Hall–Kier alpha value is -3.19. The molecule has 1 heterocycles. The van der Waals surface area contributed by atoms with Gasteiger partial charge in [0.15, 0.2) is 0 Å². The normalized spacial score (nSPS) is 21.8. The molecule has 0 spiro atoms. The van der Waals surface area contributed by atoms with Crippen molar-refractivity contribution in [2.24, 2.45) is 5.92 Å². The Balaban J connectivity index is 1.27. The zero-order valence-corrected chi connectivity index (χ0v) is 17.0. The number of fused-ring (bicyclic) bond motifs is 3. The Morgan fingerprint density at radius 1 is 0.967 bits per heavy atom. The van der Waals surface area contributed by atoms with Crippen LogP contribution in [0.15, 0.2) is 78.0 Å². The van der Waals surface area contributed by atoms with E-state index in [1.165, 1.54) is 35.7 Å². The van der Waals surface area contributed by atoms with Gasteiger partial charge in [0, 0.05) is 29.9 Å². The van der Waals surface area contributed by atoms with Gasteiger partial charge < -0.3 is 5.32 Å². The fraction of sp³-hybridized carbons (Fsp3) is 0.217. The molecule has 1 amide bonds. The van der Waals surface area contributed by atoms with Crippen LogP contribution in [0.5, 0.6) is 0 Å².